The second kappa shape index (κ2) is 6.31. The van der Waals surface area contributed by atoms with Crippen LogP contribution in [0.2, 0.25) is 0 Å². The number of rotatable bonds is 5. The fourth-order valence-corrected chi connectivity index (χ4v) is 3.76. The van der Waals surface area contributed by atoms with Crippen molar-refractivity contribution in [2.24, 2.45) is 0 Å². The van der Waals surface area contributed by atoms with Crippen molar-refractivity contribution >= 4 is 10.2 Å². The normalized spacial score (nSPS) is 18.8. The quantitative estimate of drug-likeness (QED) is 0.821. The molecule has 124 valence electrons. The molecule has 1 unspecified atom stereocenters. The van der Waals surface area contributed by atoms with Gasteiger partial charge in [0, 0.05) is 44.8 Å². The molecule has 0 aliphatic carbocycles. The third-order valence-corrected chi connectivity index (χ3v) is 5.72. The minimum absolute atomic E-state index is 0.0921. The highest BCUT2D eigenvalue weighted by Gasteiger charge is 2.33. The van der Waals surface area contributed by atoms with Crippen LogP contribution in [-0.2, 0) is 16.8 Å². The molecule has 0 N–H and O–H groups in total. The average molecular weight is 336 g/mol. The lowest BCUT2D eigenvalue weighted by Crippen LogP contribution is -2.46. The topological polar surface area (TPSA) is 67.7 Å². The fourth-order valence-electron chi connectivity index (χ4n) is 2.64. The van der Waals surface area contributed by atoms with Crippen LogP contribution in [0.3, 0.4) is 0 Å². The largest absolute Gasteiger partial charge is 0.475 e. The zero-order valence-corrected chi connectivity index (χ0v) is 14.0. The molecule has 8 heteroatoms. The van der Waals surface area contributed by atoms with Gasteiger partial charge in [-0.1, -0.05) is 6.07 Å². The van der Waals surface area contributed by atoms with Gasteiger partial charge < -0.3 is 9.30 Å². The first-order chi connectivity index (χ1) is 11.0. The summed E-state index contributed by atoms with van der Waals surface area (Å²) in [6.45, 7) is 1.10. The van der Waals surface area contributed by atoms with Gasteiger partial charge in [-0.3, -0.25) is 0 Å². The molecule has 0 amide bonds. The maximum absolute atomic E-state index is 12.4. The van der Waals surface area contributed by atoms with Gasteiger partial charge in [0.2, 0.25) is 5.88 Å². The highest BCUT2D eigenvalue weighted by Crippen LogP contribution is 2.25. The Morgan fingerprint density at radius 1 is 1.30 bits per heavy atom. The van der Waals surface area contributed by atoms with Crippen LogP contribution in [0.5, 0.6) is 5.88 Å². The molecule has 0 radical (unpaired) electrons. The Balaban J connectivity index is 1.79. The minimum Gasteiger partial charge on any atom is -0.475 e. The molecule has 1 aliphatic heterocycles. The van der Waals surface area contributed by atoms with Gasteiger partial charge in [-0.2, -0.15) is 17.0 Å². The standard InChI is InChI=1S/C15H20N4O3S/c1-17(2)23(20,21)18-10-13-6-5-9-19(13)14(11-18)12-22-15-7-3-4-8-16-15/h3-9,14H,10-12H2,1-2H3. The lowest BCUT2D eigenvalue weighted by molar-refractivity contribution is 0.186. The van der Waals surface area contributed by atoms with E-state index < -0.39 is 10.2 Å². The van der Waals surface area contributed by atoms with E-state index in [0.717, 1.165) is 5.69 Å². The van der Waals surface area contributed by atoms with Crippen molar-refractivity contribution in [3.8, 4) is 5.88 Å². The number of ether oxygens (including phenoxy) is 1. The SMILES string of the molecule is CN(C)S(=O)(=O)N1Cc2cccn2C(COc2ccccn2)C1. The van der Waals surface area contributed by atoms with Crippen LogP contribution < -0.4 is 4.74 Å². The van der Waals surface area contributed by atoms with E-state index in [0.29, 0.717) is 25.6 Å². The molecule has 0 saturated heterocycles. The summed E-state index contributed by atoms with van der Waals surface area (Å²) in [5.74, 6) is 0.536. The number of aromatic nitrogens is 2. The first kappa shape index (κ1) is 16.0. The Labute approximate surface area is 136 Å². The minimum atomic E-state index is -3.45. The van der Waals surface area contributed by atoms with Crippen molar-refractivity contribution in [3.05, 3.63) is 48.4 Å². The number of hydrogen-bond acceptors (Lipinski definition) is 4. The number of pyridine rings is 1. The second-order valence-corrected chi connectivity index (χ2v) is 7.76. The molecule has 0 spiro atoms. The van der Waals surface area contributed by atoms with Gasteiger partial charge in [-0.05, 0) is 18.2 Å². The molecule has 0 fully saturated rings. The summed E-state index contributed by atoms with van der Waals surface area (Å²) in [4.78, 5) is 4.13. The molecule has 0 bridgehead atoms. The van der Waals surface area contributed by atoms with Crippen molar-refractivity contribution in [1.29, 1.82) is 0 Å². The van der Waals surface area contributed by atoms with Gasteiger partial charge in [-0.15, -0.1) is 0 Å². The van der Waals surface area contributed by atoms with E-state index in [4.69, 9.17) is 4.74 Å². The highest BCUT2D eigenvalue weighted by molar-refractivity contribution is 7.86. The Kier molecular flexibility index (Phi) is 4.38. The van der Waals surface area contributed by atoms with Gasteiger partial charge in [0.25, 0.3) is 10.2 Å². The third-order valence-electron chi connectivity index (χ3n) is 3.86. The molecule has 3 heterocycles. The predicted molar refractivity (Wildman–Crippen MR) is 86.2 cm³/mol. The maximum atomic E-state index is 12.4. The van der Waals surface area contributed by atoms with Crippen LogP contribution in [-0.4, -0.2) is 53.8 Å². The lowest BCUT2D eigenvalue weighted by Gasteiger charge is -2.35. The molecule has 0 saturated carbocycles. The van der Waals surface area contributed by atoms with Gasteiger partial charge in [-0.25, -0.2) is 4.98 Å². The summed E-state index contributed by atoms with van der Waals surface area (Å²) >= 11 is 0. The average Bonchev–Trinajstić information content (AvgIpc) is 3.02. The van der Waals surface area contributed by atoms with E-state index in [1.54, 1.807) is 26.4 Å². The molecular weight excluding hydrogens is 316 g/mol. The fraction of sp³-hybridized carbons (Fsp3) is 0.400. The predicted octanol–water partition coefficient (Wildman–Crippen LogP) is 1.13. The molecule has 3 rings (SSSR count). The zero-order chi connectivity index (χ0) is 16.4. The van der Waals surface area contributed by atoms with Crippen molar-refractivity contribution in [2.45, 2.75) is 12.6 Å². The molecule has 0 aromatic carbocycles. The monoisotopic (exact) mass is 336 g/mol. The summed E-state index contributed by atoms with van der Waals surface area (Å²) < 4.78 is 35.4. The lowest BCUT2D eigenvalue weighted by atomic mass is 10.2. The highest BCUT2D eigenvalue weighted by atomic mass is 32.2. The smallest absolute Gasteiger partial charge is 0.281 e. The maximum Gasteiger partial charge on any atom is 0.281 e. The van der Waals surface area contributed by atoms with Gasteiger partial charge in [0.15, 0.2) is 0 Å². The molecule has 23 heavy (non-hydrogen) atoms. The van der Waals surface area contributed by atoms with E-state index >= 15 is 0 Å². The van der Waals surface area contributed by atoms with Crippen LogP contribution in [0.4, 0.5) is 0 Å². The zero-order valence-electron chi connectivity index (χ0n) is 13.2. The Morgan fingerprint density at radius 2 is 2.13 bits per heavy atom. The molecule has 7 nitrogen and oxygen atoms in total. The number of hydrogen-bond donors (Lipinski definition) is 0. The summed E-state index contributed by atoms with van der Waals surface area (Å²) in [7, 11) is -0.366. The van der Waals surface area contributed by atoms with Gasteiger partial charge >= 0.3 is 0 Å². The van der Waals surface area contributed by atoms with E-state index in [9.17, 15) is 8.42 Å². The first-order valence-corrected chi connectivity index (χ1v) is 8.75. The Hall–Kier alpha value is -1.90. The summed E-state index contributed by atoms with van der Waals surface area (Å²) in [5, 5.41) is 0. The third kappa shape index (κ3) is 3.24. The van der Waals surface area contributed by atoms with E-state index in [-0.39, 0.29) is 6.04 Å². The summed E-state index contributed by atoms with van der Waals surface area (Å²) in [6, 6.07) is 9.23. The summed E-state index contributed by atoms with van der Waals surface area (Å²) in [5.41, 5.74) is 0.955. The van der Waals surface area contributed by atoms with Gasteiger partial charge in [0.05, 0.1) is 12.6 Å². The molecular formula is C15H20N4O3S. The molecule has 1 atom stereocenters. The van der Waals surface area contributed by atoms with Crippen LogP contribution in [0, 0.1) is 0 Å². The Morgan fingerprint density at radius 3 is 2.83 bits per heavy atom. The van der Waals surface area contributed by atoms with E-state index in [1.165, 1.54) is 8.61 Å². The van der Waals surface area contributed by atoms with Crippen LogP contribution in [0.1, 0.15) is 11.7 Å². The van der Waals surface area contributed by atoms with Crippen LogP contribution in [0.25, 0.3) is 0 Å². The van der Waals surface area contributed by atoms with E-state index in [2.05, 4.69) is 9.55 Å². The van der Waals surface area contributed by atoms with Crippen molar-refractivity contribution in [1.82, 2.24) is 18.2 Å². The first-order valence-electron chi connectivity index (χ1n) is 7.35. The van der Waals surface area contributed by atoms with E-state index in [1.807, 2.05) is 30.5 Å². The molecule has 1 aliphatic rings. The van der Waals surface area contributed by atoms with Crippen molar-refractivity contribution in [3.63, 3.8) is 0 Å². The van der Waals surface area contributed by atoms with Crippen molar-refractivity contribution < 1.29 is 13.2 Å². The second-order valence-electron chi connectivity index (χ2n) is 5.62. The number of fused-ring (bicyclic) bond motifs is 1. The van der Waals surface area contributed by atoms with Crippen molar-refractivity contribution in [2.75, 3.05) is 27.2 Å². The molecule has 2 aromatic rings. The van der Waals surface area contributed by atoms with Crippen LogP contribution in [0.15, 0.2) is 42.7 Å². The summed E-state index contributed by atoms with van der Waals surface area (Å²) in [6.07, 6.45) is 3.63. The van der Waals surface area contributed by atoms with Crippen LogP contribution >= 0.6 is 0 Å². The number of nitrogens with zero attached hydrogens (tertiary/aromatic N) is 4. The van der Waals surface area contributed by atoms with Gasteiger partial charge in [0.1, 0.15) is 6.61 Å². The Bertz CT molecular complexity index is 758. The molecule has 2 aromatic heterocycles.